The second-order valence-electron chi connectivity index (χ2n) is 5.68. The van der Waals surface area contributed by atoms with Gasteiger partial charge in [-0.1, -0.05) is 46.6 Å². The third-order valence-electron chi connectivity index (χ3n) is 4.40. The van der Waals surface area contributed by atoms with Crippen LogP contribution in [0.3, 0.4) is 0 Å². The molecule has 0 amide bonds. The lowest BCUT2D eigenvalue weighted by Gasteiger charge is -2.26. The molecule has 0 aliphatic heterocycles. The number of nitrogens with one attached hydrogen (secondary N) is 1. The summed E-state index contributed by atoms with van der Waals surface area (Å²) < 4.78 is 15.0. The summed E-state index contributed by atoms with van der Waals surface area (Å²) in [6.45, 7) is 0. The minimum atomic E-state index is -0.180. The molecule has 0 saturated heterocycles. The Balaban J connectivity index is 1.90. The van der Waals surface area contributed by atoms with Crippen LogP contribution in [0.4, 0.5) is 4.39 Å². The summed E-state index contributed by atoms with van der Waals surface area (Å²) in [6, 6.07) is 13.6. The Bertz CT molecular complexity index is 620. The maximum atomic E-state index is 14.1. The van der Waals surface area contributed by atoms with Gasteiger partial charge in [-0.3, -0.25) is 0 Å². The standard InChI is InChI=1S/C18H19BrFN/c1-21-18(16-11-15(19)9-10-17(16)20)14-7-5-13(6-8-14)12-3-2-4-12/h5-12,18,21H,2-4H2,1H3. The highest BCUT2D eigenvalue weighted by Gasteiger charge is 2.21. The largest absolute Gasteiger partial charge is 0.309 e. The lowest BCUT2D eigenvalue weighted by Crippen LogP contribution is -2.19. The van der Waals surface area contributed by atoms with E-state index in [1.165, 1.54) is 30.9 Å². The predicted octanol–water partition coefficient (Wildman–Crippen LogP) is 5.16. The maximum Gasteiger partial charge on any atom is 0.128 e. The average molecular weight is 348 g/mol. The Labute approximate surface area is 133 Å². The van der Waals surface area contributed by atoms with Crippen LogP contribution in [0, 0.1) is 5.82 Å². The van der Waals surface area contributed by atoms with Crippen LogP contribution in [0.25, 0.3) is 0 Å². The number of halogens is 2. The quantitative estimate of drug-likeness (QED) is 0.804. The summed E-state index contributed by atoms with van der Waals surface area (Å²) in [5.41, 5.74) is 3.18. The molecule has 1 aliphatic rings. The number of benzene rings is 2. The zero-order valence-corrected chi connectivity index (χ0v) is 13.7. The molecule has 1 atom stereocenters. The monoisotopic (exact) mass is 347 g/mol. The van der Waals surface area contributed by atoms with Gasteiger partial charge in [0.1, 0.15) is 5.82 Å². The first-order chi connectivity index (χ1) is 10.2. The van der Waals surface area contributed by atoms with Crippen molar-refractivity contribution in [3.63, 3.8) is 0 Å². The zero-order chi connectivity index (χ0) is 14.8. The Hall–Kier alpha value is -1.19. The van der Waals surface area contributed by atoms with Crippen molar-refractivity contribution in [1.29, 1.82) is 0 Å². The van der Waals surface area contributed by atoms with E-state index in [4.69, 9.17) is 0 Å². The van der Waals surface area contributed by atoms with Crippen LogP contribution in [0.2, 0.25) is 0 Å². The lowest BCUT2D eigenvalue weighted by atomic mass is 9.79. The molecule has 2 aromatic rings. The fourth-order valence-corrected chi connectivity index (χ4v) is 3.32. The van der Waals surface area contributed by atoms with Gasteiger partial charge in [-0.25, -0.2) is 4.39 Å². The molecule has 1 aliphatic carbocycles. The van der Waals surface area contributed by atoms with Gasteiger partial charge in [0, 0.05) is 10.0 Å². The molecule has 3 heteroatoms. The van der Waals surface area contributed by atoms with Gasteiger partial charge in [-0.2, -0.15) is 0 Å². The second-order valence-corrected chi connectivity index (χ2v) is 6.60. The molecule has 3 rings (SSSR count). The maximum absolute atomic E-state index is 14.1. The van der Waals surface area contributed by atoms with Gasteiger partial charge < -0.3 is 5.32 Å². The van der Waals surface area contributed by atoms with Crippen LogP contribution in [-0.4, -0.2) is 7.05 Å². The molecule has 2 aromatic carbocycles. The molecule has 1 nitrogen and oxygen atoms in total. The van der Waals surface area contributed by atoms with E-state index in [9.17, 15) is 4.39 Å². The van der Waals surface area contributed by atoms with Crippen LogP contribution in [0.5, 0.6) is 0 Å². The molecule has 1 fully saturated rings. The first-order valence-electron chi connectivity index (χ1n) is 7.41. The summed E-state index contributed by atoms with van der Waals surface area (Å²) in [5.74, 6) is 0.551. The van der Waals surface area contributed by atoms with Crippen molar-refractivity contribution >= 4 is 15.9 Å². The van der Waals surface area contributed by atoms with Crippen molar-refractivity contribution in [3.8, 4) is 0 Å². The fourth-order valence-electron chi connectivity index (χ4n) is 2.94. The molecule has 1 saturated carbocycles. The number of hydrogen-bond acceptors (Lipinski definition) is 1. The lowest BCUT2D eigenvalue weighted by molar-refractivity contribution is 0.419. The van der Waals surface area contributed by atoms with Crippen LogP contribution in [0.1, 0.15) is 47.9 Å². The Morgan fingerprint density at radius 2 is 1.86 bits per heavy atom. The molecule has 1 N–H and O–H groups in total. The molecule has 0 radical (unpaired) electrons. The van der Waals surface area contributed by atoms with Crippen LogP contribution in [-0.2, 0) is 0 Å². The highest BCUT2D eigenvalue weighted by Crippen LogP contribution is 2.37. The van der Waals surface area contributed by atoms with Crippen molar-refractivity contribution in [2.45, 2.75) is 31.2 Å². The summed E-state index contributed by atoms with van der Waals surface area (Å²) in [6.07, 6.45) is 3.94. The average Bonchev–Trinajstić information content (AvgIpc) is 2.43. The van der Waals surface area contributed by atoms with Crippen molar-refractivity contribution in [2.75, 3.05) is 7.05 Å². The Kier molecular flexibility index (Phi) is 4.41. The van der Waals surface area contributed by atoms with E-state index in [1.54, 1.807) is 6.07 Å². The molecule has 0 heterocycles. The minimum Gasteiger partial charge on any atom is -0.309 e. The minimum absolute atomic E-state index is 0.127. The molecule has 0 aromatic heterocycles. The van der Waals surface area contributed by atoms with E-state index >= 15 is 0 Å². The van der Waals surface area contributed by atoms with Gasteiger partial charge in [-0.05, 0) is 55.1 Å². The summed E-state index contributed by atoms with van der Waals surface area (Å²) in [4.78, 5) is 0. The molecule has 0 bridgehead atoms. The fraction of sp³-hybridized carbons (Fsp3) is 0.333. The van der Waals surface area contributed by atoms with Crippen molar-refractivity contribution < 1.29 is 4.39 Å². The van der Waals surface area contributed by atoms with E-state index in [0.717, 1.165) is 16.0 Å². The molecule has 0 spiro atoms. The molecule has 110 valence electrons. The topological polar surface area (TPSA) is 12.0 Å². The van der Waals surface area contributed by atoms with E-state index in [1.807, 2.05) is 13.1 Å². The van der Waals surface area contributed by atoms with E-state index in [0.29, 0.717) is 5.56 Å². The van der Waals surface area contributed by atoms with Gasteiger partial charge in [-0.15, -0.1) is 0 Å². The highest BCUT2D eigenvalue weighted by molar-refractivity contribution is 9.10. The van der Waals surface area contributed by atoms with Gasteiger partial charge in [0.2, 0.25) is 0 Å². The molecule has 21 heavy (non-hydrogen) atoms. The van der Waals surface area contributed by atoms with Gasteiger partial charge in [0.15, 0.2) is 0 Å². The summed E-state index contributed by atoms with van der Waals surface area (Å²) in [7, 11) is 1.87. The van der Waals surface area contributed by atoms with Crippen LogP contribution < -0.4 is 5.32 Å². The van der Waals surface area contributed by atoms with Crippen molar-refractivity contribution in [2.24, 2.45) is 0 Å². The van der Waals surface area contributed by atoms with Gasteiger partial charge in [0.05, 0.1) is 6.04 Å². The zero-order valence-electron chi connectivity index (χ0n) is 12.1. The normalized spacial score (nSPS) is 16.5. The third-order valence-corrected chi connectivity index (χ3v) is 4.90. The summed E-state index contributed by atoms with van der Waals surface area (Å²) >= 11 is 3.42. The molecular weight excluding hydrogens is 329 g/mol. The number of hydrogen-bond donors (Lipinski definition) is 1. The van der Waals surface area contributed by atoms with Gasteiger partial charge in [0.25, 0.3) is 0 Å². The van der Waals surface area contributed by atoms with E-state index in [2.05, 4.69) is 45.5 Å². The van der Waals surface area contributed by atoms with E-state index < -0.39 is 0 Å². The molecule has 1 unspecified atom stereocenters. The van der Waals surface area contributed by atoms with E-state index in [-0.39, 0.29) is 11.9 Å². The van der Waals surface area contributed by atoms with Crippen LogP contribution in [0.15, 0.2) is 46.9 Å². The van der Waals surface area contributed by atoms with Crippen molar-refractivity contribution in [3.05, 3.63) is 69.4 Å². The van der Waals surface area contributed by atoms with Crippen molar-refractivity contribution in [1.82, 2.24) is 5.32 Å². The smallest absolute Gasteiger partial charge is 0.128 e. The third kappa shape index (κ3) is 3.04. The predicted molar refractivity (Wildman–Crippen MR) is 88.0 cm³/mol. The number of rotatable bonds is 4. The van der Waals surface area contributed by atoms with Gasteiger partial charge >= 0.3 is 0 Å². The summed E-state index contributed by atoms with van der Waals surface area (Å²) in [5, 5.41) is 3.22. The first kappa shape index (κ1) is 14.7. The Morgan fingerprint density at radius 3 is 2.43 bits per heavy atom. The second kappa shape index (κ2) is 6.29. The molecular formula is C18H19BrFN. The SMILES string of the molecule is CNC(c1ccc(C2CCC2)cc1)c1cc(Br)ccc1F. The Morgan fingerprint density at radius 1 is 1.14 bits per heavy atom. The first-order valence-corrected chi connectivity index (χ1v) is 8.20. The van der Waals surface area contributed by atoms with Crippen LogP contribution >= 0.6 is 15.9 Å². The highest BCUT2D eigenvalue weighted by atomic mass is 79.9.